The molecule has 0 saturated carbocycles. The summed E-state index contributed by atoms with van der Waals surface area (Å²) in [6, 6.07) is 3.13. The minimum absolute atomic E-state index is 0.446. The van der Waals surface area contributed by atoms with E-state index in [-0.39, 0.29) is 0 Å². The van der Waals surface area contributed by atoms with Crippen LogP contribution in [0.25, 0.3) is 0 Å². The van der Waals surface area contributed by atoms with E-state index in [1.807, 2.05) is 19.1 Å². The van der Waals surface area contributed by atoms with Gasteiger partial charge in [0.05, 0.1) is 6.54 Å². The SMILES string of the molecule is Cc1ccc(CN[C@H](C)C(=O)O)o1. The van der Waals surface area contributed by atoms with Crippen molar-refractivity contribution in [1.82, 2.24) is 5.32 Å². The van der Waals surface area contributed by atoms with Gasteiger partial charge in [-0.2, -0.15) is 0 Å². The Kier molecular flexibility index (Phi) is 3.08. The number of hydrogen-bond acceptors (Lipinski definition) is 3. The number of aryl methyl sites for hydroxylation is 1. The van der Waals surface area contributed by atoms with E-state index in [0.29, 0.717) is 6.54 Å². The van der Waals surface area contributed by atoms with E-state index in [9.17, 15) is 4.79 Å². The van der Waals surface area contributed by atoms with Gasteiger partial charge in [-0.25, -0.2) is 0 Å². The Hall–Kier alpha value is -1.29. The second-order valence-electron chi connectivity index (χ2n) is 2.95. The van der Waals surface area contributed by atoms with Crippen LogP contribution in [0.1, 0.15) is 18.4 Å². The first-order chi connectivity index (χ1) is 6.09. The van der Waals surface area contributed by atoms with Crippen molar-refractivity contribution >= 4 is 5.97 Å². The van der Waals surface area contributed by atoms with Crippen molar-refractivity contribution in [2.75, 3.05) is 0 Å². The molecule has 1 aromatic rings. The van der Waals surface area contributed by atoms with E-state index in [1.165, 1.54) is 0 Å². The fourth-order valence-corrected chi connectivity index (χ4v) is 0.921. The average Bonchev–Trinajstić information content (AvgIpc) is 2.47. The van der Waals surface area contributed by atoms with Crippen LogP contribution in [0.5, 0.6) is 0 Å². The molecule has 0 saturated heterocycles. The van der Waals surface area contributed by atoms with Crippen LogP contribution in [-0.2, 0) is 11.3 Å². The molecule has 0 amide bonds. The van der Waals surface area contributed by atoms with Gasteiger partial charge in [0.2, 0.25) is 0 Å². The summed E-state index contributed by atoms with van der Waals surface area (Å²) in [6.07, 6.45) is 0. The second kappa shape index (κ2) is 4.09. The first-order valence-corrected chi connectivity index (χ1v) is 4.11. The van der Waals surface area contributed by atoms with Crippen LogP contribution < -0.4 is 5.32 Å². The Labute approximate surface area is 76.6 Å². The Bertz CT molecular complexity index is 293. The van der Waals surface area contributed by atoms with Crippen molar-refractivity contribution in [2.24, 2.45) is 0 Å². The lowest BCUT2D eigenvalue weighted by molar-refractivity contribution is -0.139. The van der Waals surface area contributed by atoms with Crippen molar-refractivity contribution in [2.45, 2.75) is 26.4 Å². The molecule has 0 radical (unpaired) electrons. The van der Waals surface area contributed by atoms with Crippen molar-refractivity contribution in [1.29, 1.82) is 0 Å². The van der Waals surface area contributed by atoms with Gasteiger partial charge in [-0.1, -0.05) is 0 Å². The number of carboxylic acid groups (broad SMARTS) is 1. The summed E-state index contributed by atoms with van der Waals surface area (Å²) in [6.45, 7) is 3.89. The monoisotopic (exact) mass is 183 g/mol. The Morgan fingerprint density at radius 1 is 1.69 bits per heavy atom. The Morgan fingerprint density at radius 2 is 2.38 bits per heavy atom. The summed E-state index contributed by atoms with van der Waals surface area (Å²) >= 11 is 0. The third-order valence-corrected chi connectivity index (χ3v) is 1.75. The first-order valence-electron chi connectivity index (χ1n) is 4.11. The van der Waals surface area contributed by atoms with Crippen LogP contribution in [0.4, 0.5) is 0 Å². The van der Waals surface area contributed by atoms with Crippen molar-refractivity contribution in [3.05, 3.63) is 23.7 Å². The zero-order chi connectivity index (χ0) is 9.84. The van der Waals surface area contributed by atoms with Crippen LogP contribution in [0.15, 0.2) is 16.5 Å². The predicted octanol–water partition coefficient (Wildman–Crippen LogP) is 1.15. The fourth-order valence-electron chi connectivity index (χ4n) is 0.921. The standard InChI is InChI=1S/C9H13NO3/c1-6-3-4-8(13-6)5-10-7(2)9(11)12/h3-4,7,10H,5H2,1-2H3,(H,11,12)/t7-/m1/s1. The number of rotatable bonds is 4. The number of carbonyl (C=O) groups is 1. The van der Waals surface area contributed by atoms with Crippen LogP contribution in [0.2, 0.25) is 0 Å². The van der Waals surface area contributed by atoms with Crippen molar-refractivity contribution < 1.29 is 14.3 Å². The summed E-state index contributed by atoms with van der Waals surface area (Å²) in [5.41, 5.74) is 0. The fraction of sp³-hybridized carbons (Fsp3) is 0.444. The van der Waals surface area contributed by atoms with Crippen molar-refractivity contribution in [3.8, 4) is 0 Å². The van der Waals surface area contributed by atoms with Crippen LogP contribution in [0, 0.1) is 6.92 Å². The van der Waals surface area contributed by atoms with Crippen LogP contribution in [-0.4, -0.2) is 17.1 Å². The molecule has 0 unspecified atom stereocenters. The van der Waals surface area contributed by atoms with E-state index >= 15 is 0 Å². The highest BCUT2D eigenvalue weighted by molar-refractivity contribution is 5.72. The lowest BCUT2D eigenvalue weighted by atomic mass is 10.3. The highest BCUT2D eigenvalue weighted by Crippen LogP contribution is 2.05. The minimum atomic E-state index is -0.858. The summed E-state index contributed by atoms with van der Waals surface area (Å²) in [4.78, 5) is 10.4. The van der Waals surface area contributed by atoms with E-state index in [2.05, 4.69) is 5.32 Å². The molecule has 72 valence electrons. The van der Waals surface area contributed by atoms with Crippen LogP contribution >= 0.6 is 0 Å². The number of carboxylic acids is 1. The second-order valence-corrected chi connectivity index (χ2v) is 2.95. The van der Waals surface area contributed by atoms with Gasteiger partial charge in [0.1, 0.15) is 17.6 Å². The molecule has 0 bridgehead atoms. The van der Waals surface area contributed by atoms with Crippen molar-refractivity contribution in [3.63, 3.8) is 0 Å². The summed E-state index contributed by atoms with van der Waals surface area (Å²) in [7, 11) is 0. The molecular weight excluding hydrogens is 170 g/mol. The van der Waals surface area contributed by atoms with Gasteiger partial charge < -0.3 is 9.52 Å². The molecule has 0 aliphatic carbocycles. The molecule has 1 rings (SSSR count). The van der Waals surface area contributed by atoms with Crippen LogP contribution in [0.3, 0.4) is 0 Å². The molecule has 1 atom stereocenters. The number of furan rings is 1. The molecule has 0 aromatic carbocycles. The zero-order valence-electron chi connectivity index (χ0n) is 7.70. The topological polar surface area (TPSA) is 62.5 Å². The van der Waals surface area contributed by atoms with Gasteiger partial charge in [-0.05, 0) is 26.0 Å². The summed E-state index contributed by atoms with van der Waals surface area (Å²) in [5.74, 6) is 0.730. The van der Waals surface area contributed by atoms with E-state index in [1.54, 1.807) is 6.92 Å². The molecular formula is C9H13NO3. The van der Waals surface area contributed by atoms with E-state index in [0.717, 1.165) is 11.5 Å². The molecule has 0 spiro atoms. The number of aliphatic carboxylic acids is 1. The minimum Gasteiger partial charge on any atom is -0.480 e. The molecule has 1 heterocycles. The molecule has 0 aliphatic rings. The molecule has 2 N–H and O–H groups in total. The smallest absolute Gasteiger partial charge is 0.320 e. The largest absolute Gasteiger partial charge is 0.480 e. The molecule has 13 heavy (non-hydrogen) atoms. The normalized spacial score (nSPS) is 12.8. The van der Waals surface area contributed by atoms with Gasteiger partial charge in [-0.15, -0.1) is 0 Å². The lowest BCUT2D eigenvalue weighted by Gasteiger charge is -2.06. The van der Waals surface area contributed by atoms with Gasteiger partial charge >= 0.3 is 5.97 Å². The Balaban J connectivity index is 2.39. The highest BCUT2D eigenvalue weighted by Gasteiger charge is 2.09. The summed E-state index contributed by atoms with van der Waals surface area (Å²) in [5, 5.41) is 11.4. The average molecular weight is 183 g/mol. The van der Waals surface area contributed by atoms with Gasteiger partial charge in [0, 0.05) is 0 Å². The third kappa shape index (κ3) is 2.91. The molecule has 0 aliphatic heterocycles. The maximum atomic E-state index is 10.4. The van der Waals surface area contributed by atoms with E-state index in [4.69, 9.17) is 9.52 Å². The summed E-state index contributed by atoms with van der Waals surface area (Å²) < 4.78 is 5.26. The predicted molar refractivity (Wildman–Crippen MR) is 47.4 cm³/mol. The molecule has 1 aromatic heterocycles. The first kappa shape index (κ1) is 9.80. The zero-order valence-corrected chi connectivity index (χ0v) is 7.70. The Morgan fingerprint density at radius 3 is 2.85 bits per heavy atom. The third-order valence-electron chi connectivity index (χ3n) is 1.75. The highest BCUT2D eigenvalue weighted by atomic mass is 16.4. The maximum absolute atomic E-state index is 10.4. The maximum Gasteiger partial charge on any atom is 0.320 e. The lowest BCUT2D eigenvalue weighted by Crippen LogP contribution is -2.32. The van der Waals surface area contributed by atoms with E-state index < -0.39 is 12.0 Å². The number of hydrogen-bond donors (Lipinski definition) is 2. The van der Waals surface area contributed by atoms with Gasteiger partial charge in [0.25, 0.3) is 0 Å². The van der Waals surface area contributed by atoms with Gasteiger partial charge in [0.15, 0.2) is 0 Å². The quantitative estimate of drug-likeness (QED) is 0.735. The number of nitrogens with one attached hydrogen (secondary N) is 1. The molecule has 4 nitrogen and oxygen atoms in total. The molecule has 0 fully saturated rings. The van der Waals surface area contributed by atoms with Gasteiger partial charge in [-0.3, -0.25) is 10.1 Å². The molecule has 4 heteroatoms.